The molecule has 27 heavy (non-hydrogen) atoms. The highest BCUT2D eigenvalue weighted by atomic mass is 35.5. The Hall–Kier alpha value is -1.51. The lowest BCUT2D eigenvalue weighted by Crippen LogP contribution is -2.26. The minimum Gasteiger partial charge on any atom is -0.341 e. The van der Waals surface area contributed by atoms with E-state index < -0.39 is 0 Å². The number of rotatable bonds is 10. The second-order valence-corrected chi connectivity index (χ2v) is 8.05. The van der Waals surface area contributed by atoms with Crippen molar-refractivity contribution >= 4 is 23.0 Å². The van der Waals surface area contributed by atoms with Crippen LogP contribution in [0, 0.1) is 0 Å². The van der Waals surface area contributed by atoms with Gasteiger partial charge in [-0.1, -0.05) is 49.2 Å². The molecule has 3 rings (SSSR count). The first-order valence-electron chi connectivity index (χ1n) is 10.5. The Morgan fingerprint density at radius 1 is 0.778 bits per heavy atom. The van der Waals surface area contributed by atoms with Crippen LogP contribution in [-0.4, -0.2) is 37.5 Å². The zero-order valence-electron chi connectivity index (χ0n) is 16.7. The maximum Gasteiger partial charge on any atom is 0.0443 e. The number of hydrogen-bond acceptors (Lipinski definition) is 2. The van der Waals surface area contributed by atoms with Crippen LogP contribution in [0.3, 0.4) is 0 Å². The molecule has 0 spiro atoms. The van der Waals surface area contributed by atoms with Crippen molar-refractivity contribution in [3.05, 3.63) is 59.7 Å². The van der Waals surface area contributed by atoms with Gasteiger partial charge in [0, 0.05) is 23.8 Å². The van der Waals surface area contributed by atoms with Crippen LogP contribution >= 0.6 is 11.6 Å². The molecule has 0 radical (unpaired) electrons. The molecule has 1 heterocycles. The Kier molecular flexibility index (Phi) is 8.04. The van der Waals surface area contributed by atoms with Crippen LogP contribution in [0.1, 0.15) is 43.2 Å². The molecule has 0 fully saturated rings. The first kappa shape index (κ1) is 20.2. The van der Waals surface area contributed by atoms with Crippen molar-refractivity contribution in [1.82, 2.24) is 4.90 Å². The number of alkyl halides is 1. The van der Waals surface area contributed by atoms with Crippen molar-refractivity contribution in [2.45, 2.75) is 44.9 Å². The van der Waals surface area contributed by atoms with Gasteiger partial charge in [-0.25, -0.2) is 0 Å². The Morgan fingerprint density at radius 2 is 1.33 bits per heavy atom. The maximum atomic E-state index is 5.75. The average molecular weight is 385 g/mol. The van der Waals surface area contributed by atoms with E-state index in [-0.39, 0.29) is 0 Å². The molecule has 0 atom stereocenters. The summed E-state index contributed by atoms with van der Waals surface area (Å²) < 4.78 is 0. The van der Waals surface area contributed by atoms with Gasteiger partial charge in [-0.3, -0.25) is 0 Å². The number of fused-ring (bicyclic) bond motifs is 2. The van der Waals surface area contributed by atoms with Gasteiger partial charge >= 0.3 is 0 Å². The van der Waals surface area contributed by atoms with E-state index in [9.17, 15) is 0 Å². The topological polar surface area (TPSA) is 6.48 Å². The van der Waals surface area contributed by atoms with Crippen molar-refractivity contribution in [2.24, 2.45) is 0 Å². The van der Waals surface area contributed by atoms with Crippen LogP contribution in [0.2, 0.25) is 0 Å². The summed E-state index contributed by atoms with van der Waals surface area (Å²) in [7, 11) is 2.26. The number of anilines is 2. The Labute approximate surface area is 170 Å². The lowest BCUT2D eigenvalue weighted by atomic mass is 10.0. The van der Waals surface area contributed by atoms with Gasteiger partial charge in [-0.15, -0.1) is 11.6 Å². The Morgan fingerprint density at radius 3 is 1.96 bits per heavy atom. The smallest absolute Gasteiger partial charge is 0.0443 e. The third-order valence-electron chi connectivity index (χ3n) is 5.57. The van der Waals surface area contributed by atoms with Gasteiger partial charge in [-0.2, -0.15) is 0 Å². The zero-order chi connectivity index (χ0) is 18.9. The number of benzene rings is 2. The normalized spacial score (nSPS) is 13.4. The summed E-state index contributed by atoms with van der Waals surface area (Å²) in [4.78, 5) is 5.03. The highest BCUT2D eigenvalue weighted by molar-refractivity contribution is 6.17. The van der Waals surface area contributed by atoms with Gasteiger partial charge in [0.2, 0.25) is 0 Å². The molecular formula is C24H33ClN2. The minimum atomic E-state index is 0.800. The van der Waals surface area contributed by atoms with Crippen molar-refractivity contribution in [2.75, 3.05) is 37.5 Å². The predicted octanol–water partition coefficient (Wildman–Crippen LogP) is 6.04. The number of unbranched alkanes of at least 4 members (excludes halogenated alkanes) is 3. The summed E-state index contributed by atoms with van der Waals surface area (Å²) in [6, 6.07) is 17.9. The Bertz CT molecular complexity index is 653. The molecule has 0 bridgehead atoms. The lowest BCUT2D eigenvalue weighted by molar-refractivity contribution is 0.321. The zero-order valence-corrected chi connectivity index (χ0v) is 17.4. The van der Waals surface area contributed by atoms with E-state index in [4.69, 9.17) is 11.6 Å². The largest absolute Gasteiger partial charge is 0.341 e. The number of halogens is 1. The Balaban J connectivity index is 1.58. The van der Waals surface area contributed by atoms with Gasteiger partial charge in [0.05, 0.1) is 0 Å². The molecule has 2 nitrogen and oxygen atoms in total. The monoisotopic (exact) mass is 384 g/mol. The third-order valence-corrected chi connectivity index (χ3v) is 5.84. The van der Waals surface area contributed by atoms with Gasteiger partial charge in [0.25, 0.3) is 0 Å². The summed E-state index contributed by atoms with van der Waals surface area (Å²) in [5.74, 6) is 0.800. The highest BCUT2D eigenvalue weighted by Gasteiger charge is 2.19. The summed E-state index contributed by atoms with van der Waals surface area (Å²) >= 11 is 5.75. The number of nitrogens with zero attached hydrogens (tertiary/aromatic N) is 2. The number of para-hydroxylation sites is 2. The van der Waals surface area contributed by atoms with E-state index in [1.165, 1.54) is 54.7 Å². The molecule has 0 saturated carbocycles. The van der Waals surface area contributed by atoms with E-state index in [1.807, 2.05) is 0 Å². The van der Waals surface area contributed by atoms with Crippen LogP contribution in [0.5, 0.6) is 0 Å². The summed E-state index contributed by atoms with van der Waals surface area (Å²) in [6.45, 7) is 3.41. The first-order chi connectivity index (χ1) is 13.3. The summed E-state index contributed by atoms with van der Waals surface area (Å²) in [5, 5.41) is 0. The molecule has 1 aliphatic rings. The van der Waals surface area contributed by atoms with Gasteiger partial charge in [-0.05, 0) is 75.5 Å². The van der Waals surface area contributed by atoms with Crippen molar-refractivity contribution in [3.8, 4) is 0 Å². The molecule has 0 aliphatic carbocycles. The summed E-state index contributed by atoms with van der Waals surface area (Å²) in [5.41, 5.74) is 5.74. The minimum absolute atomic E-state index is 0.800. The average Bonchev–Trinajstić information content (AvgIpc) is 2.85. The fourth-order valence-corrected chi connectivity index (χ4v) is 4.24. The van der Waals surface area contributed by atoms with Crippen LogP contribution in [-0.2, 0) is 12.8 Å². The third kappa shape index (κ3) is 5.73. The van der Waals surface area contributed by atoms with E-state index in [0.717, 1.165) is 38.2 Å². The number of hydrogen-bond donors (Lipinski definition) is 0. The molecular weight excluding hydrogens is 352 g/mol. The van der Waals surface area contributed by atoms with E-state index >= 15 is 0 Å². The molecule has 1 aliphatic heterocycles. The second kappa shape index (κ2) is 10.7. The molecule has 2 aromatic carbocycles. The van der Waals surface area contributed by atoms with Crippen LogP contribution in [0.25, 0.3) is 0 Å². The van der Waals surface area contributed by atoms with Crippen molar-refractivity contribution < 1.29 is 0 Å². The lowest BCUT2D eigenvalue weighted by Gasteiger charge is -2.28. The molecule has 0 saturated heterocycles. The quantitative estimate of drug-likeness (QED) is 0.363. The van der Waals surface area contributed by atoms with E-state index in [2.05, 4.69) is 65.4 Å². The van der Waals surface area contributed by atoms with Gasteiger partial charge in [0.1, 0.15) is 0 Å². The van der Waals surface area contributed by atoms with E-state index in [0.29, 0.717) is 0 Å². The van der Waals surface area contributed by atoms with Gasteiger partial charge < -0.3 is 9.80 Å². The predicted molar refractivity (Wildman–Crippen MR) is 119 cm³/mol. The van der Waals surface area contributed by atoms with Crippen molar-refractivity contribution in [3.63, 3.8) is 0 Å². The second-order valence-electron chi connectivity index (χ2n) is 7.67. The van der Waals surface area contributed by atoms with E-state index in [1.54, 1.807) is 0 Å². The molecule has 146 valence electrons. The molecule has 3 heteroatoms. The van der Waals surface area contributed by atoms with Crippen LogP contribution in [0.4, 0.5) is 11.4 Å². The molecule has 0 amide bonds. The fourth-order valence-electron chi connectivity index (χ4n) is 4.05. The van der Waals surface area contributed by atoms with Crippen LogP contribution in [0.15, 0.2) is 48.5 Å². The summed E-state index contributed by atoms with van der Waals surface area (Å²) in [6.07, 6.45) is 8.43. The number of aryl methyl sites for hydroxylation is 2. The van der Waals surface area contributed by atoms with Crippen LogP contribution < -0.4 is 4.90 Å². The molecule has 0 aromatic heterocycles. The maximum absolute atomic E-state index is 5.75. The van der Waals surface area contributed by atoms with Gasteiger partial charge in [0.15, 0.2) is 0 Å². The highest BCUT2D eigenvalue weighted by Crippen LogP contribution is 2.35. The first-order valence-corrected chi connectivity index (χ1v) is 11.0. The molecule has 0 unspecified atom stereocenters. The van der Waals surface area contributed by atoms with Crippen molar-refractivity contribution in [1.29, 1.82) is 0 Å². The standard InChI is InChI=1S/C24H33ClN2/c1-26(18-9-3-2-8-17-25)19-10-20-27-23-13-6-4-11-21(23)15-16-22-12-5-7-14-24(22)27/h4-7,11-14H,2-3,8-10,15-20H2,1H3. The molecule has 0 N–H and O–H groups in total. The molecule has 2 aromatic rings. The fraction of sp³-hybridized carbons (Fsp3) is 0.500. The SMILES string of the molecule is CN(CCCCCCCl)CCCN1c2ccccc2CCc2ccccc21.